The fourth-order valence-corrected chi connectivity index (χ4v) is 3.24. The molecule has 0 spiro atoms. The number of pyridine rings is 1. The number of anilines is 2. The first-order valence-corrected chi connectivity index (χ1v) is 10.2. The first kappa shape index (κ1) is 21.2. The van der Waals surface area contributed by atoms with Gasteiger partial charge in [0.25, 0.3) is 11.8 Å². The van der Waals surface area contributed by atoms with Crippen LogP contribution in [-0.4, -0.2) is 48.5 Å². The summed E-state index contributed by atoms with van der Waals surface area (Å²) in [6, 6.07) is 13.7. The molecule has 3 aromatic rings. The molecule has 0 bridgehead atoms. The van der Waals surface area contributed by atoms with Gasteiger partial charge in [0.05, 0.1) is 11.3 Å². The molecule has 2 amide bonds. The third-order valence-corrected chi connectivity index (χ3v) is 5.22. The summed E-state index contributed by atoms with van der Waals surface area (Å²) in [4.78, 5) is 31.5. The lowest BCUT2D eigenvalue weighted by atomic mass is 9.99. The topological polar surface area (TPSA) is 98.2 Å². The summed E-state index contributed by atoms with van der Waals surface area (Å²) < 4.78 is 13.8. The summed E-state index contributed by atoms with van der Waals surface area (Å²) in [5.41, 5.74) is 2.19. The highest BCUT2D eigenvalue weighted by molar-refractivity contribution is 6.32. The third-order valence-electron chi connectivity index (χ3n) is 5.22. The molecular weight excluding hydrogens is 408 g/mol. The van der Waals surface area contributed by atoms with Crippen molar-refractivity contribution in [3.63, 3.8) is 0 Å². The number of hydrogen-bond acceptors (Lipinski definition) is 4. The maximum absolute atomic E-state index is 13.8. The van der Waals surface area contributed by atoms with Gasteiger partial charge in [-0.3, -0.25) is 15.0 Å². The molecule has 0 aliphatic carbocycles. The van der Waals surface area contributed by atoms with Gasteiger partial charge in [-0.1, -0.05) is 23.7 Å². The summed E-state index contributed by atoms with van der Waals surface area (Å²) in [7, 11) is 1.87. The lowest BCUT2D eigenvalue weighted by Gasteiger charge is -2.33. The highest BCUT2D eigenvalue weighted by atomic mass is 19.1. The number of amides is 2. The van der Waals surface area contributed by atoms with Crippen molar-refractivity contribution in [1.82, 2.24) is 9.88 Å². The average molecular weight is 429 g/mol. The Bertz CT molecular complexity index is 1180. The molecule has 9 heteroatoms. The average Bonchev–Trinajstić information content (AvgIpc) is 2.75. The van der Waals surface area contributed by atoms with Gasteiger partial charge in [-0.05, 0) is 42.8 Å². The maximum Gasteiger partial charge on any atom is 0.259 e. The number of carbonyl (C=O) groups excluding carboxylic acids is 2. The third kappa shape index (κ3) is 4.67. The Labute approximate surface area is 185 Å². The van der Waals surface area contributed by atoms with Crippen LogP contribution in [0.1, 0.15) is 32.7 Å². The van der Waals surface area contributed by atoms with Crippen LogP contribution in [0, 0.1) is 11.2 Å². The number of nitrogens with zero attached hydrogens (tertiary/aromatic N) is 2. The molecule has 1 fully saturated rings. The van der Waals surface area contributed by atoms with Gasteiger partial charge in [0, 0.05) is 30.4 Å². The minimum atomic E-state index is -0.598. The van der Waals surface area contributed by atoms with Gasteiger partial charge < -0.3 is 15.5 Å². The number of amidine groups is 1. The number of hydrogen-bond donors (Lipinski definition) is 3. The highest BCUT2D eigenvalue weighted by Crippen LogP contribution is 2.20. The van der Waals surface area contributed by atoms with Gasteiger partial charge in [-0.25, -0.2) is 9.37 Å². The number of rotatable bonds is 5. The number of halogens is 1. The molecule has 1 saturated heterocycles. The zero-order chi connectivity index (χ0) is 22.7. The number of benzene rings is 2. The zero-order valence-corrected chi connectivity index (χ0v) is 17.5. The van der Waals surface area contributed by atoms with E-state index in [0.29, 0.717) is 17.2 Å². The molecule has 1 aliphatic heterocycles. The Morgan fingerprint density at radius 1 is 0.969 bits per heavy atom. The lowest BCUT2D eigenvalue weighted by molar-refractivity contribution is 0.102. The van der Waals surface area contributed by atoms with Crippen LogP contribution < -0.4 is 16.1 Å². The van der Waals surface area contributed by atoms with Crippen molar-refractivity contribution in [2.75, 3.05) is 23.7 Å². The molecule has 0 radical (unpaired) electrons. The number of carbonyl (C=O) groups is 2. The molecule has 32 heavy (non-hydrogen) atoms. The van der Waals surface area contributed by atoms with Gasteiger partial charge >= 0.3 is 0 Å². The first-order valence-electron chi connectivity index (χ1n) is 10.2. The van der Waals surface area contributed by atoms with Crippen LogP contribution in [0.15, 0.2) is 60.8 Å². The monoisotopic (exact) mass is 429 g/mol. The Hall–Kier alpha value is -4.01. The van der Waals surface area contributed by atoms with Gasteiger partial charge in [0.2, 0.25) is 0 Å². The molecule has 3 N–H and O–H groups in total. The van der Waals surface area contributed by atoms with Gasteiger partial charge in [0.1, 0.15) is 25.3 Å². The van der Waals surface area contributed by atoms with E-state index < -0.39 is 17.6 Å². The smallest absolute Gasteiger partial charge is 0.259 e. The van der Waals surface area contributed by atoms with E-state index in [0.717, 1.165) is 36.6 Å². The van der Waals surface area contributed by atoms with Crippen LogP contribution in [0.2, 0.25) is 0 Å². The zero-order valence-electron chi connectivity index (χ0n) is 17.5. The predicted molar refractivity (Wildman–Crippen MR) is 124 cm³/mol. The minimum absolute atomic E-state index is 0.0168. The highest BCUT2D eigenvalue weighted by Gasteiger charge is 2.19. The molecule has 1 aliphatic rings. The van der Waals surface area contributed by atoms with E-state index in [4.69, 9.17) is 5.41 Å². The van der Waals surface area contributed by atoms with Gasteiger partial charge in [0.15, 0.2) is 0 Å². The van der Waals surface area contributed by atoms with Crippen molar-refractivity contribution >= 4 is 42.5 Å². The van der Waals surface area contributed by atoms with E-state index in [1.54, 1.807) is 42.6 Å². The van der Waals surface area contributed by atoms with Crippen LogP contribution >= 0.6 is 0 Å². The standard InChI is InChI=1S/C23H21BFN5O2/c24-16-6-9-20(27-13-16)29-23(32)18-12-17(25)7-8-19(18)28-22(31)15-4-2-14(3-5-15)21(26)30-10-1-11-30/h2-9,12-13,26H,1,10-11,24H2,(H,28,31)(H,27,29,32). The second-order valence-corrected chi connectivity index (χ2v) is 7.59. The van der Waals surface area contributed by atoms with Crippen molar-refractivity contribution in [2.24, 2.45) is 0 Å². The maximum atomic E-state index is 13.8. The molecule has 2 heterocycles. The Morgan fingerprint density at radius 3 is 2.31 bits per heavy atom. The van der Waals surface area contributed by atoms with Crippen molar-refractivity contribution < 1.29 is 14.0 Å². The van der Waals surface area contributed by atoms with Crippen molar-refractivity contribution in [3.8, 4) is 0 Å². The minimum Gasteiger partial charge on any atom is -0.356 e. The molecule has 4 rings (SSSR count). The summed E-state index contributed by atoms with van der Waals surface area (Å²) in [5, 5.41) is 13.5. The molecule has 1 aromatic heterocycles. The van der Waals surface area contributed by atoms with Crippen molar-refractivity contribution in [3.05, 3.63) is 83.3 Å². The fraction of sp³-hybridized carbons (Fsp3) is 0.130. The molecule has 0 atom stereocenters. The Morgan fingerprint density at radius 2 is 1.69 bits per heavy atom. The molecule has 7 nitrogen and oxygen atoms in total. The Balaban J connectivity index is 1.49. The van der Waals surface area contributed by atoms with E-state index in [2.05, 4.69) is 15.6 Å². The van der Waals surface area contributed by atoms with E-state index in [-0.39, 0.29) is 11.3 Å². The summed E-state index contributed by atoms with van der Waals surface area (Å²) >= 11 is 0. The van der Waals surface area contributed by atoms with Crippen LogP contribution in [0.25, 0.3) is 0 Å². The molecule has 0 unspecified atom stereocenters. The molecule has 2 aromatic carbocycles. The number of nitrogens with one attached hydrogen (secondary N) is 3. The van der Waals surface area contributed by atoms with E-state index >= 15 is 0 Å². The van der Waals surface area contributed by atoms with Crippen LogP contribution in [-0.2, 0) is 0 Å². The largest absolute Gasteiger partial charge is 0.356 e. The lowest BCUT2D eigenvalue weighted by Crippen LogP contribution is -2.42. The van der Waals surface area contributed by atoms with E-state index in [1.807, 2.05) is 12.7 Å². The summed E-state index contributed by atoms with van der Waals surface area (Å²) in [5.74, 6) is -0.873. The normalized spacial score (nSPS) is 12.6. The van der Waals surface area contributed by atoms with Crippen LogP contribution in [0.4, 0.5) is 15.9 Å². The number of likely N-dealkylation sites (tertiary alicyclic amines) is 1. The molecular formula is C23H21BFN5O2. The van der Waals surface area contributed by atoms with E-state index in [1.165, 1.54) is 12.1 Å². The predicted octanol–water partition coefficient (Wildman–Crippen LogP) is 2.01. The summed E-state index contributed by atoms with van der Waals surface area (Å²) in [6.07, 6.45) is 2.69. The first-order chi connectivity index (χ1) is 15.4. The van der Waals surface area contributed by atoms with Crippen molar-refractivity contribution in [2.45, 2.75) is 6.42 Å². The second kappa shape index (κ2) is 9.01. The van der Waals surface area contributed by atoms with Crippen molar-refractivity contribution in [1.29, 1.82) is 5.41 Å². The molecule has 0 saturated carbocycles. The second-order valence-electron chi connectivity index (χ2n) is 7.59. The number of aromatic nitrogens is 1. The van der Waals surface area contributed by atoms with Crippen LogP contribution in [0.3, 0.4) is 0 Å². The summed E-state index contributed by atoms with van der Waals surface area (Å²) in [6.45, 7) is 1.74. The molecule has 160 valence electrons. The van der Waals surface area contributed by atoms with Crippen LogP contribution in [0.5, 0.6) is 0 Å². The fourth-order valence-electron chi connectivity index (χ4n) is 3.24. The van der Waals surface area contributed by atoms with Gasteiger partial charge in [-0.15, -0.1) is 0 Å². The van der Waals surface area contributed by atoms with E-state index in [9.17, 15) is 14.0 Å². The van der Waals surface area contributed by atoms with Gasteiger partial charge in [-0.2, -0.15) is 0 Å². The quantitative estimate of drug-likeness (QED) is 0.328. The SMILES string of the molecule is Bc1ccc(NC(=O)c2cc(F)ccc2NC(=O)c2ccc(C(=N)N3CCC3)cc2)nc1. The Kier molecular flexibility index (Phi) is 5.98.